The van der Waals surface area contributed by atoms with Crippen LogP contribution in [0.25, 0.3) is 0 Å². The summed E-state index contributed by atoms with van der Waals surface area (Å²) in [6.07, 6.45) is 11.9. The molecule has 3 unspecified atom stereocenters. The van der Waals surface area contributed by atoms with E-state index in [-0.39, 0.29) is 46.2 Å². The highest BCUT2D eigenvalue weighted by Gasteiger charge is 2.16. The van der Waals surface area contributed by atoms with Crippen molar-refractivity contribution in [1.29, 1.82) is 4.78 Å². The van der Waals surface area contributed by atoms with Gasteiger partial charge in [-0.2, -0.15) is 0 Å². The minimum absolute atomic E-state index is 0.00560. The second-order valence-electron chi connectivity index (χ2n) is 17.1. The van der Waals surface area contributed by atoms with Crippen molar-refractivity contribution in [3.63, 3.8) is 0 Å². The molecule has 0 saturated carbocycles. The second-order valence-corrected chi connectivity index (χ2v) is 22.4. The van der Waals surface area contributed by atoms with Crippen LogP contribution >= 0.6 is 0 Å². The van der Waals surface area contributed by atoms with Gasteiger partial charge in [-0.05, 0) is 46.4 Å². The van der Waals surface area contributed by atoms with Crippen LogP contribution in [0.15, 0.2) is 78.9 Å². The average Bonchev–Trinajstić information content (AvgIpc) is 4.07. The molecule has 0 fully saturated rings. The normalized spacial score (nSPS) is 12.9. The molecule has 24 heteroatoms. The van der Waals surface area contributed by atoms with E-state index in [0.717, 1.165) is 40.8 Å². The number of nitrogens with one attached hydrogen (secondary N) is 1. The predicted octanol–water partition coefficient (Wildman–Crippen LogP) is 9.80. The first kappa shape index (κ1) is 62.2. The van der Waals surface area contributed by atoms with Crippen molar-refractivity contribution in [1.82, 2.24) is 34.9 Å². The molecule has 0 bridgehead atoms. The number of rotatable bonds is 13. The molecular formula is C45H68N8O12S4-2. The van der Waals surface area contributed by atoms with Crippen LogP contribution in [0.5, 0.6) is 0 Å². The van der Waals surface area contributed by atoms with Crippen molar-refractivity contribution < 1.29 is 52.4 Å². The Balaban J connectivity index is 0.000000417. The summed E-state index contributed by atoms with van der Waals surface area (Å²) in [6.45, 7) is 27.6. The summed E-state index contributed by atoms with van der Waals surface area (Å²) in [4.78, 5) is 27.7. The molecule has 0 amide bonds. The standard InChI is InChI=1S/C9H14N2O2S.C8H12N2O2S.2C7H11NO3S.2C7H11NO/c1-7(2)9-8(4-3-5-11-9)6-14(10,12)13;1-6(2)8-7(4-13(11)12)3-9-5-10-8;1-5(2)6-4-8-7(11-6)12(3,9)10;1-5(2)7-6(3-12(9)10)8-4-11-7;2*1-5(2)7-4-9-6(3)8-7/h3-5,7H,6H2,1-2H3,(H2,10,12,13);3,5-6H,4H2,1-2H3,(H,11,12);4-5H,1-3H3;4-5H,3H2,1-2H3,(H,9,10);2*4-5H,1-3H3/p-2. The zero-order chi connectivity index (χ0) is 52.8. The fourth-order valence-corrected chi connectivity index (χ4v) is 7.47. The summed E-state index contributed by atoms with van der Waals surface area (Å²) in [6, 6.07) is 3.46. The van der Waals surface area contributed by atoms with E-state index >= 15 is 0 Å². The molecule has 0 aromatic carbocycles. The number of oxazole rings is 4. The van der Waals surface area contributed by atoms with Crippen LogP contribution in [-0.2, 0) is 59.3 Å². The first-order chi connectivity index (χ1) is 31.9. The molecule has 6 rings (SSSR count). The van der Waals surface area contributed by atoms with E-state index in [4.69, 9.17) is 27.0 Å². The Morgan fingerprint density at radius 2 is 1.20 bits per heavy atom. The molecule has 0 aliphatic rings. The van der Waals surface area contributed by atoms with Gasteiger partial charge in [0.05, 0.1) is 40.5 Å². The molecule has 0 spiro atoms. The van der Waals surface area contributed by atoms with Crippen molar-refractivity contribution in [2.75, 3.05) is 6.26 Å². The number of sulfone groups is 1. The van der Waals surface area contributed by atoms with Gasteiger partial charge in [-0.3, -0.25) is 13.4 Å². The Kier molecular flexibility index (Phi) is 27.0. The van der Waals surface area contributed by atoms with Crippen LogP contribution < -0.4 is 0 Å². The van der Waals surface area contributed by atoms with E-state index in [9.17, 15) is 30.1 Å². The van der Waals surface area contributed by atoms with Crippen LogP contribution in [0.4, 0.5) is 0 Å². The van der Waals surface area contributed by atoms with Gasteiger partial charge in [-0.15, -0.1) is 0 Å². The highest BCUT2D eigenvalue weighted by molar-refractivity contribution is 7.90. The summed E-state index contributed by atoms with van der Waals surface area (Å²) in [7, 11) is -6.77. The molecule has 69 heavy (non-hydrogen) atoms. The lowest BCUT2D eigenvalue weighted by Crippen LogP contribution is -2.05. The maximum atomic E-state index is 10.9. The molecule has 3 atom stereocenters. The van der Waals surface area contributed by atoms with Crippen LogP contribution in [0.3, 0.4) is 0 Å². The van der Waals surface area contributed by atoms with Gasteiger partial charge in [-0.1, -0.05) is 100 Å². The van der Waals surface area contributed by atoms with Crippen LogP contribution in [0, 0.1) is 18.6 Å². The maximum Gasteiger partial charge on any atom is 0.314 e. The monoisotopic (exact) mass is 1040 g/mol. The molecule has 6 heterocycles. The average molecular weight is 1040 g/mol. The van der Waals surface area contributed by atoms with Crippen LogP contribution in [0.1, 0.15) is 181 Å². The summed E-state index contributed by atoms with van der Waals surface area (Å²) in [5.74, 6) is 4.23. The van der Waals surface area contributed by atoms with Crippen molar-refractivity contribution in [2.24, 2.45) is 0 Å². The van der Waals surface area contributed by atoms with Gasteiger partial charge < -0.3 is 31.3 Å². The van der Waals surface area contributed by atoms with E-state index < -0.39 is 42.0 Å². The van der Waals surface area contributed by atoms with E-state index in [1.807, 2.05) is 69.2 Å². The van der Waals surface area contributed by atoms with Crippen molar-refractivity contribution in [2.45, 2.75) is 155 Å². The van der Waals surface area contributed by atoms with Crippen LogP contribution in [-0.4, -0.2) is 75.8 Å². The number of hydrogen-bond donors (Lipinski definition) is 2. The third-order valence-corrected chi connectivity index (χ3v) is 11.3. The quantitative estimate of drug-likeness (QED) is 0.102. The summed E-state index contributed by atoms with van der Waals surface area (Å²) < 4.78 is 110. The molecule has 0 saturated heterocycles. The van der Waals surface area contributed by atoms with Gasteiger partial charge in [0.25, 0.3) is 0 Å². The molecule has 20 nitrogen and oxygen atoms in total. The smallest absolute Gasteiger partial charge is 0.314 e. The number of hydrogen-bond acceptors (Lipinski definition) is 19. The minimum atomic E-state index is -3.47. The SMILES string of the molecule is CC(C)c1cnc(S(C)(=O)=O)o1.CC(C)c1ncccc1CS(=N)(=O)O.CC(C)c1ncncc1CS(=O)[O-].CC(C)c1ocnc1CS(=O)[O-].Cc1nc(C(C)C)co1.Cc1nc(C(C)C)co1. The number of aromatic nitrogens is 7. The lowest BCUT2D eigenvalue weighted by atomic mass is 10.1. The van der Waals surface area contributed by atoms with E-state index in [1.54, 1.807) is 37.1 Å². The Bertz CT molecular complexity index is 2650. The third-order valence-electron chi connectivity index (χ3n) is 8.76. The topological polar surface area (TPSA) is 318 Å². The zero-order valence-corrected chi connectivity index (χ0v) is 45.2. The van der Waals surface area contributed by atoms with Gasteiger partial charge in [0, 0.05) is 61.3 Å². The van der Waals surface area contributed by atoms with Crippen molar-refractivity contribution in [3.05, 3.63) is 119 Å². The predicted molar refractivity (Wildman–Crippen MR) is 262 cm³/mol. The Morgan fingerprint density at radius 3 is 1.57 bits per heavy atom. The summed E-state index contributed by atoms with van der Waals surface area (Å²) in [5, 5.41) is -0.203. The fourth-order valence-electron chi connectivity index (χ4n) is 5.40. The number of nitrogens with zero attached hydrogens (tertiary/aromatic N) is 7. The highest BCUT2D eigenvalue weighted by Crippen LogP contribution is 2.21. The Morgan fingerprint density at radius 1 is 0.681 bits per heavy atom. The number of aryl methyl sites for hydroxylation is 2. The summed E-state index contributed by atoms with van der Waals surface area (Å²) in [5.41, 5.74) is 5.55. The third kappa shape index (κ3) is 25.0. The van der Waals surface area contributed by atoms with E-state index in [0.29, 0.717) is 40.2 Å². The largest absolute Gasteiger partial charge is 0.772 e. The Labute approximate surface area is 412 Å². The lowest BCUT2D eigenvalue weighted by molar-refractivity contribution is 0.388. The molecule has 6 aromatic rings. The molecule has 0 aliphatic heterocycles. The Hall–Kier alpha value is -4.85. The highest BCUT2D eigenvalue weighted by atomic mass is 32.2. The van der Waals surface area contributed by atoms with Gasteiger partial charge in [0.1, 0.15) is 30.4 Å². The van der Waals surface area contributed by atoms with Gasteiger partial charge in [0.2, 0.25) is 9.84 Å². The first-order valence-corrected chi connectivity index (χ1v) is 27.7. The zero-order valence-electron chi connectivity index (χ0n) is 42.0. The lowest BCUT2D eigenvalue weighted by Gasteiger charge is -2.11. The van der Waals surface area contributed by atoms with Crippen molar-refractivity contribution in [3.8, 4) is 0 Å². The second kappa shape index (κ2) is 30.0. The van der Waals surface area contributed by atoms with Crippen LogP contribution in [0.2, 0.25) is 0 Å². The molecule has 386 valence electrons. The summed E-state index contributed by atoms with van der Waals surface area (Å²) >= 11 is -4.17. The van der Waals surface area contributed by atoms with Crippen molar-refractivity contribution >= 4 is 42.0 Å². The maximum absolute atomic E-state index is 10.9. The van der Waals surface area contributed by atoms with Gasteiger partial charge in [-0.25, -0.2) is 47.3 Å². The number of pyridine rings is 1. The first-order valence-electron chi connectivity index (χ1n) is 21.7. The molecule has 6 aromatic heterocycles. The fraction of sp³-hybridized carbons (Fsp3) is 0.533. The molecule has 0 aliphatic carbocycles. The van der Waals surface area contributed by atoms with Gasteiger partial charge in [0.15, 0.2) is 28.2 Å². The van der Waals surface area contributed by atoms with Gasteiger partial charge >= 0.3 is 5.22 Å². The molecule has 0 radical (unpaired) electrons. The molecule has 2 N–H and O–H groups in total. The van der Waals surface area contributed by atoms with E-state index in [1.165, 1.54) is 18.9 Å². The van der Waals surface area contributed by atoms with E-state index in [2.05, 4.69) is 62.6 Å². The minimum Gasteiger partial charge on any atom is -0.772 e. The molecular weight excluding hydrogens is 973 g/mol.